The maximum absolute atomic E-state index is 9.93. The van der Waals surface area contributed by atoms with Crippen molar-refractivity contribution < 1.29 is 9.63 Å². The number of allylic oxidation sites excluding steroid dienone is 6. The first-order valence-electron chi connectivity index (χ1n) is 6.53. The van der Waals surface area contributed by atoms with E-state index in [-0.39, 0.29) is 5.75 Å². The Morgan fingerprint density at radius 2 is 2.05 bits per heavy atom. The van der Waals surface area contributed by atoms with Crippen LogP contribution in [0.15, 0.2) is 59.2 Å². The van der Waals surface area contributed by atoms with Gasteiger partial charge in [0.05, 0.1) is 0 Å². The molecule has 0 saturated heterocycles. The van der Waals surface area contributed by atoms with Gasteiger partial charge in [-0.1, -0.05) is 47.2 Å². The van der Waals surface area contributed by atoms with Gasteiger partial charge < -0.3 is 9.63 Å². The van der Waals surface area contributed by atoms with E-state index < -0.39 is 0 Å². The van der Waals surface area contributed by atoms with Gasteiger partial charge in [-0.05, 0) is 25.5 Å². The Hall–Kier alpha value is -2.55. The molecule has 100 valence electrons. The number of hydrogen-bond acceptors (Lipinski definition) is 3. The molecule has 1 N–H and O–H groups in total. The Morgan fingerprint density at radius 3 is 2.95 bits per heavy atom. The van der Waals surface area contributed by atoms with Crippen LogP contribution in [0.25, 0.3) is 16.8 Å². The summed E-state index contributed by atoms with van der Waals surface area (Å²) in [6.07, 6.45) is 10.9. The summed E-state index contributed by atoms with van der Waals surface area (Å²) in [4.78, 5) is 0. The van der Waals surface area contributed by atoms with Gasteiger partial charge in [-0.2, -0.15) is 0 Å². The summed E-state index contributed by atoms with van der Waals surface area (Å²) in [6, 6.07) is 7.31. The smallest absolute Gasteiger partial charge is 0.163 e. The molecule has 3 rings (SSSR count). The lowest BCUT2D eigenvalue weighted by Crippen LogP contribution is -1.81. The molecule has 0 spiro atoms. The summed E-state index contributed by atoms with van der Waals surface area (Å²) < 4.78 is 5.41. The first kappa shape index (κ1) is 12.5. The number of nitrogens with zero attached hydrogens (tertiary/aromatic N) is 1. The van der Waals surface area contributed by atoms with Gasteiger partial charge in [0.15, 0.2) is 5.76 Å². The third-order valence-electron chi connectivity index (χ3n) is 3.25. The van der Waals surface area contributed by atoms with Crippen molar-refractivity contribution in [2.24, 2.45) is 0 Å². The molecule has 1 aliphatic carbocycles. The van der Waals surface area contributed by atoms with Crippen molar-refractivity contribution in [2.75, 3.05) is 0 Å². The summed E-state index contributed by atoms with van der Waals surface area (Å²) in [6.45, 7) is 1.98. The lowest BCUT2D eigenvalue weighted by atomic mass is 10.1. The minimum atomic E-state index is 0.213. The molecule has 2 aromatic rings. The molecule has 1 aliphatic rings. The van der Waals surface area contributed by atoms with Crippen molar-refractivity contribution in [3.8, 4) is 17.0 Å². The summed E-state index contributed by atoms with van der Waals surface area (Å²) in [5, 5.41) is 14.0. The predicted octanol–water partition coefficient (Wildman–Crippen LogP) is 4.26. The molecule has 0 unspecified atom stereocenters. The highest BCUT2D eigenvalue weighted by Crippen LogP contribution is 2.31. The lowest BCUT2D eigenvalue weighted by Gasteiger charge is -2.01. The van der Waals surface area contributed by atoms with E-state index in [4.69, 9.17) is 4.52 Å². The van der Waals surface area contributed by atoms with E-state index in [0.717, 1.165) is 23.3 Å². The summed E-state index contributed by atoms with van der Waals surface area (Å²) in [7, 11) is 0. The normalized spacial score (nSPS) is 14.2. The fraction of sp³-hybridized carbons (Fsp3) is 0.118. The van der Waals surface area contributed by atoms with E-state index in [1.807, 2.05) is 49.4 Å². The molecule has 20 heavy (non-hydrogen) atoms. The van der Waals surface area contributed by atoms with Crippen molar-refractivity contribution in [3.05, 3.63) is 66.0 Å². The molecular formula is C17H15NO2. The van der Waals surface area contributed by atoms with Crippen LogP contribution in [-0.4, -0.2) is 10.3 Å². The quantitative estimate of drug-likeness (QED) is 0.882. The number of aromatic nitrogens is 1. The van der Waals surface area contributed by atoms with Gasteiger partial charge in [0.2, 0.25) is 0 Å². The molecule has 0 saturated carbocycles. The topological polar surface area (TPSA) is 46.3 Å². The van der Waals surface area contributed by atoms with E-state index in [1.54, 1.807) is 6.07 Å². The number of aryl methyl sites for hydroxylation is 1. The lowest BCUT2D eigenvalue weighted by molar-refractivity contribution is 0.411. The minimum Gasteiger partial charge on any atom is -0.507 e. The standard InChI is InChI=1S/C17H15NO2/c1-12-8-9-16(19)14(10-12)15-11-17(20-18-15)13-6-4-2-3-5-7-13/h2-6,8-11,19H,7H2,1H3. The molecule has 3 heteroatoms. The molecule has 3 nitrogen and oxygen atoms in total. The molecular weight excluding hydrogens is 250 g/mol. The van der Waals surface area contributed by atoms with Crippen molar-refractivity contribution in [1.82, 2.24) is 5.16 Å². The molecule has 0 atom stereocenters. The average molecular weight is 265 g/mol. The number of phenols is 1. The average Bonchev–Trinajstić information content (AvgIpc) is 2.77. The fourth-order valence-electron chi connectivity index (χ4n) is 2.17. The molecule has 1 aromatic heterocycles. The number of phenolic OH excluding ortho intramolecular Hbond substituents is 1. The molecule has 0 fully saturated rings. The van der Waals surface area contributed by atoms with Gasteiger partial charge in [0.1, 0.15) is 11.4 Å². The van der Waals surface area contributed by atoms with Gasteiger partial charge in [-0.15, -0.1) is 0 Å². The van der Waals surface area contributed by atoms with E-state index in [2.05, 4.69) is 11.2 Å². The Kier molecular flexibility index (Phi) is 3.25. The van der Waals surface area contributed by atoms with Crippen LogP contribution in [0.5, 0.6) is 5.75 Å². The highest BCUT2D eigenvalue weighted by Gasteiger charge is 2.13. The molecule has 1 aromatic carbocycles. The summed E-state index contributed by atoms with van der Waals surface area (Å²) in [5.74, 6) is 0.946. The fourth-order valence-corrected chi connectivity index (χ4v) is 2.17. The van der Waals surface area contributed by atoms with Gasteiger partial charge in [0, 0.05) is 17.2 Å². The van der Waals surface area contributed by atoms with Crippen LogP contribution in [0.1, 0.15) is 17.7 Å². The third kappa shape index (κ3) is 2.43. The molecule has 0 aliphatic heterocycles. The zero-order chi connectivity index (χ0) is 13.9. The van der Waals surface area contributed by atoms with Gasteiger partial charge in [-0.3, -0.25) is 0 Å². The summed E-state index contributed by atoms with van der Waals surface area (Å²) in [5.41, 5.74) is 3.49. The SMILES string of the molecule is Cc1ccc(O)c(-c2cc(C3=CC=CC=CC3)on2)c1. The zero-order valence-electron chi connectivity index (χ0n) is 11.2. The Morgan fingerprint density at radius 1 is 1.15 bits per heavy atom. The van der Waals surface area contributed by atoms with Crippen molar-refractivity contribution >= 4 is 5.57 Å². The van der Waals surface area contributed by atoms with Crippen LogP contribution in [0.3, 0.4) is 0 Å². The molecule has 1 heterocycles. The molecule has 0 radical (unpaired) electrons. The van der Waals surface area contributed by atoms with Crippen LogP contribution >= 0.6 is 0 Å². The monoisotopic (exact) mass is 265 g/mol. The number of rotatable bonds is 2. The first-order valence-corrected chi connectivity index (χ1v) is 6.53. The van der Waals surface area contributed by atoms with Crippen molar-refractivity contribution in [2.45, 2.75) is 13.3 Å². The maximum Gasteiger partial charge on any atom is 0.163 e. The van der Waals surface area contributed by atoms with Gasteiger partial charge in [-0.25, -0.2) is 0 Å². The van der Waals surface area contributed by atoms with Crippen LogP contribution in [0.4, 0.5) is 0 Å². The van der Waals surface area contributed by atoms with E-state index >= 15 is 0 Å². The predicted molar refractivity (Wildman–Crippen MR) is 79.2 cm³/mol. The van der Waals surface area contributed by atoms with E-state index in [0.29, 0.717) is 11.3 Å². The second-order valence-corrected chi connectivity index (χ2v) is 4.81. The zero-order valence-corrected chi connectivity index (χ0v) is 11.2. The second-order valence-electron chi connectivity index (χ2n) is 4.81. The number of aromatic hydroxyl groups is 1. The van der Waals surface area contributed by atoms with Crippen LogP contribution in [0.2, 0.25) is 0 Å². The summed E-state index contributed by atoms with van der Waals surface area (Å²) >= 11 is 0. The highest BCUT2D eigenvalue weighted by molar-refractivity contribution is 5.72. The Balaban J connectivity index is 1.98. The highest BCUT2D eigenvalue weighted by atomic mass is 16.5. The first-order chi connectivity index (χ1) is 9.74. The van der Waals surface area contributed by atoms with Gasteiger partial charge in [0.25, 0.3) is 0 Å². The van der Waals surface area contributed by atoms with Crippen LogP contribution in [0, 0.1) is 6.92 Å². The maximum atomic E-state index is 9.93. The van der Waals surface area contributed by atoms with Crippen LogP contribution < -0.4 is 0 Å². The Labute approximate surface area is 117 Å². The minimum absolute atomic E-state index is 0.213. The number of hydrogen-bond donors (Lipinski definition) is 1. The molecule has 0 bridgehead atoms. The molecule has 0 amide bonds. The van der Waals surface area contributed by atoms with E-state index in [1.165, 1.54) is 0 Å². The van der Waals surface area contributed by atoms with Crippen molar-refractivity contribution in [3.63, 3.8) is 0 Å². The largest absolute Gasteiger partial charge is 0.507 e. The third-order valence-corrected chi connectivity index (χ3v) is 3.25. The van der Waals surface area contributed by atoms with Crippen molar-refractivity contribution in [1.29, 1.82) is 0 Å². The number of benzene rings is 1. The Bertz CT molecular complexity index is 720. The van der Waals surface area contributed by atoms with Gasteiger partial charge >= 0.3 is 0 Å². The van der Waals surface area contributed by atoms with E-state index in [9.17, 15) is 5.11 Å². The second kappa shape index (κ2) is 5.21. The van der Waals surface area contributed by atoms with Crippen LogP contribution in [-0.2, 0) is 0 Å².